The van der Waals surface area contributed by atoms with E-state index in [1.807, 2.05) is 12.1 Å². The van der Waals surface area contributed by atoms with Crippen molar-refractivity contribution in [2.45, 2.75) is 12.8 Å². The van der Waals surface area contributed by atoms with Gasteiger partial charge in [-0.3, -0.25) is 4.79 Å². The number of rotatable bonds is 4. The highest BCUT2D eigenvalue weighted by molar-refractivity contribution is 6.38. The lowest BCUT2D eigenvalue weighted by molar-refractivity contribution is -0.146. The Morgan fingerprint density at radius 1 is 1.05 bits per heavy atom. The van der Waals surface area contributed by atoms with Crippen LogP contribution in [0.25, 0.3) is 5.76 Å². The van der Waals surface area contributed by atoms with Gasteiger partial charge in [-0.05, 0) is 37.1 Å². The van der Waals surface area contributed by atoms with Gasteiger partial charge in [-0.2, -0.15) is 0 Å². The summed E-state index contributed by atoms with van der Waals surface area (Å²) in [4.78, 5) is 23.6. The fourth-order valence-electron chi connectivity index (χ4n) is 2.09. The topological polar surface area (TPSA) is 77.8 Å². The summed E-state index contributed by atoms with van der Waals surface area (Å²) in [5, 5.41) is 18.1. The van der Waals surface area contributed by atoms with Crippen LogP contribution in [0.15, 0.2) is 30.3 Å². The van der Waals surface area contributed by atoms with Crippen LogP contribution in [-0.4, -0.2) is 35.1 Å². The number of aliphatic carboxylic acids is 1. The van der Waals surface area contributed by atoms with Gasteiger partial charge < -0.3 is 15.1 Å². The molecule has 0 aliphatic carbocycles. The highest BCUT2D eigenvalue weighted by Crippen LogP contribution is 2.22. The molecule has 1 aliphatic rings. The lowest BCUT2D eigenvalue weighted by atomic mass is 10.1. The third kappa shape index (κ3) is 3.13. The molecule has 0 spiro atoms. The standard InChI is InChI=1S/C14H15NO4/c16-12(9-13(17)14(18)19)10-3-5-11(6-4-10)15-7-1-2-8-15/h3-6,9,16H,1-2,7-8H2,(H,18,19). The first kappa shape index (κ1) is 13.1. The number of aliphatic hydroxyl groups is 1. The van der Waals surface area contributed by atoms with Crippen LogP contribution in [0.5, 0.6) is 0 Å². The highest BCUT2D eigenvalue weighted by atomic mass is 16.4. The van der Waals surface area contributed by atoms with Gasteiger partial charge in [-0.1, -0.05) is 0 Å². The van der Waals surface area contributed by atoms with Crippen LogP contribution in [0.3, 0.4) is 0 Å². The number of ketones is 1. The van der Waals surface area contributed by atoms with Crippen molar-refractivity contribution in [3.8, 4) is 0 Å². The molecule has 0 atom stereocenters. The second kappa shape index (κ2) is 5.56. The number of carbonyl (C=O) groups is 2. The summed E-state index contributed by atoms with van der Waals surface area (Å²) in [6.07, 6.45) is 3.08. The summed E-state index contributed by atoms with van der Waals surface area (Å²) in [6, 6.07) is 7.06. The maximum atomic E-state index is 11.0. The van der Waals surface area contributed by atoms with E-state index in [4.69, 9.17) is 5.11 Å². The summed E-state index contributed by atoms with van der Waals surface area (Å²) >= 11 is 0. The Kier molecular flexibility index (Phi) is 3.85. The van der Waals surface area contributed by atoms with Crippen LogP contribution in [0, 0.1) is 0 Å². The van der Waals surface area contributed by atoms with Crippen LogP contribution >= 0.6 is 0 Å². The summed E-state index contributed by atoms with van der Waals surface area (Å²) in [6.45, 7) is 2.05. The van der Waals surface area contributed by atoms with Crippen LogP contribution < -0.4 is 4.90 Å². The van der Waals surface area contributed by atoms with E-state index in [-0.39, 0.29) is 5.76 Å². The van der Waals surface area contributed by atoms with Gasteiger partial charge in [0.1, 0.15) is 5.76 Å². The first-order valence-electron chi connectivity index (χ1n) is 6.11. The number of benzene rings is 1. The predicted octanol–water partition coefficient (Wildman–Crippen LogP) is 1.84. The van der Waals surface area contributed by atoms with E-state index in [0.717, 1.165) is 18.8 Å². The molecule has 0 amide bonds. The molecular weight excluding hydrogens is 246 g/mol. The normalized spacial score (nSPS) is 15.6. The molecule has 5 nitrogen and oxygen atoms in total. The number of carbonyl (C=O) groups excluding carboxylic acids is 1. The van der Waals surface area contributed by atoms with E-state index in [2.05, 4.69) is 4.90 Å². The van der Waals surface area contributed by atoms with Gasteiger partial charge in [0.05, 0.1) is 0 Å². The Bertz CT molecular complexity index is 513. The van der Waals surface area contributed by atoms with E-state index in [1.165, 1.54) is 12.8 Å². The second-order valence-corrected chi connectivity index (χ2v) is 4.44. The third-order valence-corrected chi connectivity index (χ3v) is 3.11. The fourth-order valence-corrected chi connectivity index (χ4v) is 2.09. The van der Waals surface area contributed by atoms with Gasteiger partial charge in [-0.25, -0.2) is 4.79 Å². The van der Waals surface area contributed by atoms with E-state index in [1.54, 1.807) is 12.1 Å². The molecule has 100 valence electrons. The molecule has 5 heteroatoms. The van der Waals surface area contributed by atoms with Crippen molar-refractivity contribution in [3.05, 3.63) is 35.9 Å². The monoisotopic (exact) mass is 261 g/mol. The molecule has 0 radical (unpaired) electrons. The molecule has 19 heavy (non-hydrogen) atoms. The SMILES string of the molecule is O=C(O)C(=O)C=C(O)c1ccc(N2CCCC2)cc1. The molecule has 1 aliphatic heterocycles. The predicted molar refractivity (Wildman–Crippen MR) is 71.1 cm³/mol. The number of anilines is 1. The lowest BCUT2D eigenvalue weighted by Crippen LogP contribution is -2.17. The van der Waals surface area contributed by atoms with E-state index in [9.17, 15) is 14.7 Å². The number of hydrogen-bond donors (Lipinski definition) is 2. The third-order valence-electron chi connectivity index (χ3n) is 3.11. The zero-order valence-corrected chi connectivity index (χ0v) is 10.4. The van der Waals surface area contributed by atoms with Gasteiger partial charge in [-0.15, -0.1) is 0 Å². The summed E-state index contributed by atoms with van der Waals surface area (Å²) < 4.78 is 0. The van der Waals surface area contributed by atoms with Gasteiger partial charge in [0.2, 0.25) is 0 Å². The summed E-state index contributed by atoms with van der Waals surface area (Å²) in [5.41, 5.74) is 1.50. The number of aliphatic hydroxyl groups excluding tert-OH is 1. The molecule has 0 saturated carbocycles. The summed E-state index contributed by atoms with van der Waals surface area (Å²) in [7, 11) is 0. The Morgan fingerprint density at radius 2 is 1.63 bits per heavy atom. The van der Waals surface area contributed by atoms with Crippen molar-refractivity contribution in [2.75, 3.05) is 18.0 Å². The van der Waals surface area contributed by atoms with Crippen molar-refractivity contribution in [1.82, 2.24) is 0 Å². The number of carboxylic acids is 1. The second-order valence-electron chi connectivity index (χ2n) is 4.44. The average molecular weight is 261 g/mol. The van der Waals surface area contributed by atoms with Gasteiger partial charge in [0.25, 0.3) is 5.78 Å². The molecule has 1 fully saturated rings. The molecule has 0 aromatic heterocycles. The molecule has 1 heterocycles. The zero-order valence-electron chi connectivity index (χ0n) is 10.4. The first-order valence-corrected chi connectivity index (χ1v) is 6.11. The van der Waals surface area contributed by atoms with Crippen molar-refractivity contribution in [2.24, 2.45) is 0 Å². The van der Waals surface area contributed by atoms with Gasteiger partial charge >= 0.3 is 5.97 Å². The van der Waals surface area contributed by atoms with Crippen LogP contribution in [0.2, 0.25) is 0 Å². The van der Waals surface area contributed by atoms with Gasteiger partial charge in [0.15, 0.2) is 0 Å². The minimum Gasteiger partial charge on any atom is -0.507 e. The lowest BCUT2D eigenvalue weighted by Gasteiger charge is -2.17. The molecular formula is C14H15NO4. The average Bonchev–Trinajstić information content (AvgIpc) is 2.92. The molecule has 1 aromatic rings. The maximum absolute atomic E-state index is 11.0. The van der Waals surface area contributed by atoms with Crippen LogP contribution in [0.1, 0.15) is 18.4 Å². The molecule has 0 bridgehead atoms. The Labute approximate surface area is 110 Å². The van der Waals surface area contributed by atoms with E-state index < -0.39 is 11.8 Å². The highest BCUT2D eigenvalue weighted by Gasteiger charge is 2.13. The first-order chi connectivity index (χ1) is 9.08. The largest absolute Gasteiger partial charge is 0.507 e. The Balaban J connectivity index is 2.13. The maximum Gasteiger partial charge on any atom is 0.376 e. The quantitative estimate of drug-likeness (QED) is 0.491. The molecule has 0 unspecified atom stereocenters. The minimum atomic E-state index is -1.58. The smallest absolute Gasteiger partial charge is 0.376 e. The van der Waals surface area contributed by atoms with E-state index in [0.29, 0.717) is 11.6 Å². The van der Waals surface area contributed by atoms with Crippen molar-refractivity contribution >= 4 is 23.2 Å². The molecule has 1 aromatic carbocycles. The fraction of sp³-hybridized carbons (Fsp3) is 0.286. The Hall–Kier alpha value is -2.30. The zero-order chi connectivity index (χ0) is 13.8. The van der Waals surface area contributed by atoms with Crippen molar-refractivity contribution in [3.63, 3.8) is 0 Å². The van der Waals surface area contributed by atoms with Crippen molar-refractivity contribution < 1.29 is 19.8 Å². The molecule has 2 rings (SSSR count). The molecule has 1 saturated heterocycles. The number of hydrogen-bond acceptors (Lipinski definition) is 4. The van der Waals surface area contributed by atoms with Crippen molar-refractivity contribution in [1.29, 1.82) is 0 Å². The minimum absolute atomic E-state index is 0.333. The number of carboxylic acid groups (broad SMARTS) is 1. The summed E-state index contributed by atoms with van der Waals surface area (Å²) in [5.74, 6) is -3.05. The molecule has 2 N–H and O–H groups in total. The van der Waals surface area contributed by atoms with Crippen LogP contribution in [0.4, 0.5) is 5.69 Å². The van der Waals surface area contributed by atoms with E-state index >= 15 is 0 Å². The number of nitrogens with zero attached hydrogens (tertiary/aromatic N) is 1. The van der Waals surface area contributed by atoms with Crippen LogP contribution in [-0.2, 0) is 9.59 Å². The Morgan fingerprint density at radius 3 is 2.16 bits per heavy atom. The van der Waals surface area contributed by atoms with Gasteiger partial charge in [0, 0.05) is 30.4 Å².